The largest absolute Gasteiger partial charge is 0.295 e. The van der Waals surface area contributed by atoms with Crippen LogP contribution in [0.15, 0.2) is 34.1 Å². The number of fused-ring (bicyclic) bond motifs is 1. The Kier molecular flexibility index (Phi) is 12.9. The van der Waals surface area contributed by atoms with E-state index in [1.165, 1.54) is 50.7 Å². The topological polar surface area (TPSA) is 109 Å². The predicted octanol–water partition coefficient (Wildman–Crippen LogP) is 7.92. The minimum absolute atomic E-state index is 0.133. The number of benzene rings is 2. The second-order valence-electron chi connectivity index (χ2n) is 9.98. The summed E-state index contributed by atoms with van der Waals surface area (Å²) in [6.07, 6.45) is 16.5. The van der Waals surface area contributed by atoms with Crippen molar-refractivity contribution in [2.24, 2.45) is 0 Å². The molecule has 8 heteroatoms. The van der Waals surface area contributed by atoms with Crippen molar-refractivity contribution in [2.45, 2.75) is 126 Å². The van der Waals surface area contributed by atoms with E-state index in [2.05, 4.69) is 13.8 Å². The number of aryl methyl sites for hydroxylation is 2. The van der Waals surface area contributed by atoms with Crippen LogP contribution in [0, 0.1) is 0 Å². The lowest BCUT2D eigenvalue weighted by atomic mass is 9.98. The summed E-state index contributed by atoms with van der Waals surface area (Å²) < 4.78 is 69.0. The Morgan fingerprint density at radius 2 is 0.806 bits per heavy atom. The first-order valence-electron chi connectivity index (χ1n) is 13.6. The Morgan fingerprint density at radius 3 is 1.11 bits per heavy atom. The summed E-state index contributed by atoms with van der Waals surface area (Å²) in [5.74, 6) is 0. The summed E-state index contributed by atoms with van der Waals surface area (Å²) >= 11 is 0. The van der Waals surface area contributed by atoms with Gasteiger partial charge < -0.3 is 0 Å². The van der Waals surface area contributed by atoms with Crippen LogP contribution in [0.1, 0.15) is 115 Å². The molecule has 0 spiro atoms. The van der Waals surface area contributed by atoms with Gasteiger partial charge in [-0.3, -0.25) is 9.11 Å². The van der Waals surface area contributed by atoms with Gasteiger partial charge in [0, 0.05) is 10.8 Å². The average molecular weight is 541 g/mol. The molecule has 0 unspecified atom stereocenters. The van der Waals surface area contributed by atoms with Crippen LogP contribution in [0.25, 0.3) is 10.8 Å². The van der Waals surface area contributed by atoms with Gasteiger partial charge in [-0.2, -0.15) is 16.8 Å². The van der Waals surface area contributed by atoms with Crippen molar-refractivity contribution in [1.29, 1.82) is 0 Å². The van der Waals surface area contributed by atoms with Crippen LogP contribution in [0.3, 0.4) is 0 Å². The molecule has 204 valence electrons. The number of rotatable bonds is 18. The molecule has 0 bridgehead atoms. The van der Waals surface area contributed by atoms with Crippen LogP contribution < -0.4 is 0 Å². The normalized spacial score (nSPS) is 12.4. The summed E-state index contributed by atoms with van der Waals surface area (Å²) in [6, 6.07) is 6.17. The molecule has 0 saturated carbocycles. The van der Waals surface area contributed by atoms with Crippen LogP contribution in [-0.2, 0) is 33.1 Å². The van der Waals surface area contributed by atoms with Gasteiger partial charge in [-0.05, 0) is 61.1 Å². The van der Waals surface area contributed by atoms with Gasteiger partial charge in [-0.1, -0.05) is 90.9 Å². The Balaban J connectivity index is 2.29. The van der Waals surface area contributed by atoms with Gasteiger partial charge >= 0.3 is 0 Å². The zero-order chi connectivity index (χ0) is 26.6. The van der Waals surface area contributed by atoms with Crippen LogP contribution in [-0.4, -0.2) is 25.9 Å². The van der Waals surface area contributed by atoms with Crippen molar-refractivity contribution < 1.29 is 25.9 Å². The molecule has 0 aromatic heterocycles. The first kappa shape index (κ1) is 30.7. The summed E-state index contributed by atoms with van der Waals surface area (Å²) in [6.45, 7) is 4.35. The van der Waals surface area contributed by atoms with Crippen LogP contribution in [0.5, 0.6) is 0 Å². The summed E-state index contributed by atoms with van der Waals surface area (Å²) in [4.78, 5) is -0.603. The third-order valence-electron chi connectivity index (χ3n) is 6.81. The molecular weight excluding hydrogens is 496 g/mol. The highest BCUT2D eigenvalue weighted by Crippen LogP contribution is 2.33. The van der Waals surface area contributed by atoms with Gasteiger partial charge in [0.2, 0.25) is 0 Å². The number of unbranched alkanes of at least 4 members (excludes halogenated alkanes) is 12. The summed E-state index contributed by atoms with van der Waals surface area (Å²) in [7, 11) is -9.18. The third-order valence-corrected chi connectivity index (χ3v) is 8.59. The fraction of sp³-hybridized carbons (Fsp3) is 0.643. The van der Waals surface area contributed by atoms with Gasteiger partial charge in [0.15, 0.2) is 0 Å². The monoisotopic (exact) mass is 540 g/mol. The lowest BCUT2D eigenvalue weighted by Crippen LogP contribution is -2.06. The SMILES string of the molecule is CCCCCCCCCc1cc(S(=O)(=O)O)c2cc(CCCCCCCCC)cc(S(=O)(=O)O)c2c1. The fourth-order valence-corrected chi connectivity index (χ4v) is 6.29. The maximum Gasteiger partial charge on any atom is 0.295 e. The van der Waals surface area contributed by atoms with Crippen molar-refractivity contribution in [2.75, 3.05) is 0 Å². The minimum atomic E-state index is -4.59. The van der Waals surface area contributed by atoms with Gasteiger partial charge in [0.1, 0.15) is 9.79 Å². The van der Waals surface area contributed by atoms with E-state index in [1.54, 1.807) is 12.1 Å². The lowest BCUT2D eigenvalue weighted by molar-refractivity contribution is 0.481. The zero-order valence-electron chi connectivity index (χ0n) is 22.0. The molecule has 6 nitrogen and oxygen atoms in total. The molecule has 2 aromatic carbocycles. The standard InChI is InChI=1S/C28H44O6S2/c1-3-5-7-9-11-13-15-17-23-19-25-26(27(21-23)35(29,30)31)20-24(22-28(25)36(32,33)34)18-16-14-12-10-8-6-4-2/h19-22H,3-18H2,1-2H3,(H,29,30,31)(H,32,33,34). The maximum absolute atomic E-state index is 12.3. The molecule has 0 heterocycles. The van der Waals surface area contributed by atoms with Crippen LogP contribution in [0.2, 0.25) is 0 Å². The van der Waals surface area contributed by atoms with Crippen LogP contribution >= 0.6 is 0 Å². The Labute approximate surface area is 218 Å². The molecule has 0 aliphatic carbocycles. The molecule has 0 aliphatic rings. The molecule has 0 saturated heterocycles. The Bertz CT molecular complexity index is 1080. The number of hydrogen-bond acceptors (Lipinski definition) is 4. The molecule has 36 heavy (non-hydrogen) atoms. The fourth-order valence-electron chi connectivity index (χ4n) is 4.80. The molecule has 2 aromatic rings. The molecular formula is C28H44O6S2. The Morgan fingerprint density at radius 1 is 0.500 bits per heavy atom. The molecule has 0 aliphatic heterocycles. The first-order chi connectivity index (χ1) is 17.1. The van der Waals surface area contributed by atoms with E-state index in [0.29, 0.717) is 24.0 Å². The van der Waals surface area contributed by atoms with E-state index >= 15 is 0 Å². The first-order valence-corrected chi connectivity index (χ1v) is 16.5. The van der Waals surface area contributed by atoms with Crippen molar-refractivity contribution in [1.82, 2.24) is 0 Å². The molecule has 0 radical (unpaired) electrons. The van der Waals surface area contributed by atoms with Crippen molar-refractivity contribution in [3.63, 3.8) is 0 Å². The van der Waals surface area contributed by atoms with Gasteiger partial charge in [-0.25, -0.2) is 0 Å². The minimum Gasteiger partial charge on any atom is -0.282 e. The molecule has 0 fully saturated rings. The average Bonchev–Trinajstić information content (AvgIpc) is 2.80. The van der Waals surface area contributed by atoms with Gasteiger partial charge in [0.25, 0.3) is 20.2 Å². The quantitative estimate of drug-likeness (QED) is 0.147. The van der Waals surface area contributed by atoms with E-state index in [1.807, 2.05) is 0 Å². The van der Waals surface area contributed by atoms with Crippen LogP contribution in [0.4, 0.5) is 0 Å². The zero-order valence-corrected chi connectivity index (χ0v) is 23.6. The van der Waals surface area contributed by atoms with E-state index in [9.17, 15) is 25.9 Å². The molecule has 2 rings (SSSR count). The lowest BCUT2D eigenvalue weighted by Gasteiger charge is -2.14. The van der Waals surface area contributed by atoms with E-state index in [-0.39, 0.29) is 20.6 Å². The van der Waals surface area contributed by atoms with E-state index < -0.39 is 20.2 Å². The maximum atomic E-state index is 12.3. The predicted molar refractivity (Wildman–Crippen MR) is 147 cm³/mol. The second kappa shape index (κ2) is 15.1. The van der Waals surface area contributed by atoms with Crippen molar-refractivity contribution in [3.8, 4) is 0 Å². The summed E-state index contributed by atoms with van der Waals surface area (Å²) in [5.41, 5.74) is 1.27. The van der Waals surface area contributed by atoms with E-state index in [0.717, 1.165) is 51.4 Å². The highest BCUT2D eigenvalue weighted by atomic mass is 32.2. The third kappa shape index (κ3) is 10.1. The highest BCUT2D eigenvalue weighted by molar-refractivity contribution is 7.86. The summed E-state index contributed by atoms with van der Waals surface area (Å²) in [5, 5.41) is 0.266. The highest BCUT2D eigenvalue weighted by Gasteiger charge is 2.22. The molecule has 2 N–H and O–H groups in total. The number of hydrogen-bond donors (Lipinski definition) is 2. The van der Waals surface area contributed by atoms with Gasteiger partial charge in [-0.15, -0.1) is 0 Å². The molecule has 0 amide bonds. The molecule has 0 atom stereocenters. The smallest absolute Gasteiger partial charge is 0.282 e. The van der Waals surface area contributed by atoms with Crippen molar-refractivity contribution in [3.05, 3.63) is 35.4 Å². The van der Waals surface area contributed by atoms with Crippen molar-refractivity contribution >= 4 is 31.0 Å². The van der Waals surface area contributed by atoms with Gasteiger partial charge in [0.05, 0.1) is 0 Å². The van der Waals surface area contributed by atoms with E-state index in [4.69, 9.17) is 0 Å². The second-order valence-corrected chi connectivity index (χ2v) is 12.8. The Hall–Kier alpha value is -1.48.